The number of sulfonamides is 1. The first kappa shape index (κ1) is 16.4. The van der Waals surface area contributed by atoms with E-state index in [1.807, 2.05) is 0 Å². The van der Waals surface area contributed by atoms with Crippen LogP contribution in [0.2, 0.25) is 0 Å². The first-order valence-electron chi connectivity index (χ1n) is 5.87. The number of hydrogen-bond acceptors (Lipinski definition) is 4. The van der Waals surface area contributed by atoms with Gasteiger partial charge in [0.2, 0.25) is 10.0 Å². The first-order valence-corrected chi connectivity index (χ1v) is 10.8. The summed E-state index contributed by atoms with van der Waals surface area (Å²) in [6, 6.07) is 4.25. The van der Waals surface area contributed by atoms with Crippen molar-refractivity contribution in [3.8, 4) is 0 Å². The van der Waals surface area contributed by atoms with Crippen molar-refractivity contribution in [2.75, 3.05) is 11.5 Å². The molecule has 1 aliphatic rings. The summed E-state index contributed by atoms with van der Waals surface area (Å²) in [7, 11) is -6.91. The number of benzene rings is 1. The highest BCUT2D eigenvalue weighted by atomic mass is 79.9. The second-order valence-electron chi connectivity index (χ2n) is 4.65. The van der Waals surface area contributed by atoms with Crippen LogP contribution in [0.5, 0.6) is 0 Å². The molecule has 1 aromatic rings. The van der Waals surface area contributed by atoms with Crippen molar-refractivity contribution in [1.29, 1.82) is 0 Å². The molecule has 0 aromatic heterocycles. The summed E-state index contributed by atoms with van der Waals surface area (Å²) in [4.78, 5) is 0.0925. The van der Waals surface area contributed by atoms with Crippen molar-refractivity contribution >= 4 is 51.7 Å². The minimum atomic E-state index is -3.75. The molecule has 0 amide bonds. The molecule has 1 aliphatic heterocycles. The molecule has 0 radical (unpaired) electrons. The van der Waals surface area contributed by atoms with E-state index in [1.54, 1.807) is 12.1 Å². The predicted molar refractivity (Wildman–Crippen MR) is 83.8 cm³/mol. The second kappa shape index (κ2) is 6.04. The molecular weight excluding hydrogens is 434 g/mol. The van der Waals surface area contributed by atoms with Crippen LogP contribution >= 0.6 is 31.9 Å². The molecular formula is C11H13Br2NO4S2. The average molecular weight is 447 g/mol. The molecule has 0 saturated carbocycles. The van der Waals surface area contributed by atoms with Crippen LogP contribution in [0.4, 0.5) is 0 Å². The van der Waals surface area contributed by atoms with Crippen LogP contribution in [-0.2, 0) is 19.9 Å². The zero-order valence-electron chi connectivity index (χ0n) is 10.3. The molecule has 5 nitrogen and oxygen atoms in total. The van der Waals surface area contributed by atoms with Crippen LogP contribution in [0, 0.1) is 0 Å². The lowest BCUT2D eigenvalue weighted by Gasteiger charge is -2.23. The van der Waals surface area contributed by atoms with Gasteiger partial charge in [0, 0.05) is 15.0 Å². The minimum absolute atomic E-state index is 0.0925. The number of hydrogen-bond donors (Lipinski definition) is 1. The lowest BCUT2D eigenvalue weighted by atomic mass is 10.2. The van der Waals surface area contributed by atoms with E-state index in [4.69, 9.17) is 0 Å². The maximum Gasteiger partial charge on any atom is 0.242 e. The van der Waals surface area contributed by atoms with Crippen molar-refractivity contribution < 1.29 is 16.8 Å². The molecule has 1 unspecified atom stereocenters. The summed E-state index contributed by atoms with van der Waals surface area (Å²) < 4.78 is 51.3. The van der Waals surface area contributed by atoms with E-state index in [9.17, 15) is 16.8 Å². The van der Waals surface area contributed by atoms with Crippen molar-refractivity contribution in [3.05, 3.63) is 27.1 Å². The highest BCUT2D eigenvalue weighted by Crippen LogP contribution is 2.26. The third-order valence-corrected chi connectivity index (χ3v) is 7.80. The average Bonchev–Trinajstić information content (AvgIpc) is 2.30. The fourth-order valence-electron chi connectivity index (χ4n) is 2.08. The standard InChI is InChI=1S/C11H13Br2NO4S2/c12-8-3-4-10(13)11(6-8)20(17,18)14-9-2-1-5-19(15,16)7-9/h3-4,6,9,14H,1-2,5,7H2. The van der Waals surface area contributed by atoms with E-state index < -0.39 is 25.9 Å². The molecule has 0 aliphatic carbocycles. The summed E-state index contributed by atoms with van der Waals surface area (Å²) in [5.41, 5.74) is 0. The van der Waals surface area contributed by atoms with E-state index in [0.717, 1.165) is 0 Å². The topological polar surface area (TPSA) is 80.3 Å². The van der Waals surface area contributed by atoms with Crippen LogP contribution in [0.15, 0.2) is 32.0 Å². The Labute approximate surface area is 135 Å². The molecule has 112 valence electrons. The van der Waals surface area contributed by atoms with E-state index in [1.165, 1.54) is 6.07 Å². The highest BCUT2D eigenvalue weighted by Gasteiger charge is 2.29. The molecule has 1 fully saturated rings. The Morgan fingerprint density at radius 2 is 1.95 bits per heavy atom. The van der Waals surface area contributed by atoms with Gasteiger partial charge in [0.15, 0.2) is 9.84 Å². The largest absolute Gasteiger partial charge is 0.242 e. The Hall–Kier alpha value is 0.0400. The van der Waals surface area contributed by atoms with E-state index in [-0.39, 0.29) is 16.4 Å². The lowest BCUT2D eigenvalue weighted by molar-refractivity contribution is 0.517. The zero-order valence-corrected chi connectivity index (χ0v) is 15.1. The van der Waals surface area contributed by atoms with Gasteiger partial charge >= 0.3 is 0 Å². The number of rotatable bonds is 3. The fourth-order valence-corrected chi connectivity index (χ4v) is 6.60. The smallest absolute Gasteiger partial charge is 0.229 e. The van der Waals surface area contributed by atoms with Crippen molar-refractivity contribution in [2.24, 2.45) is 0 Å². The molecule has 2 rings (SSSR count). The summed E-state index contributed by atoms with van der Waals surface area (Å²) >= 11 is 6.42. The van der Waals surface area contributed by atoms with Crippen molar-refractivity contribution in [2.45, 2.75) is 23.8 Å². The highest BCUT2D eigenvalue weighted by molar-refractivity contribution is 9.11. The Bertz CT molecular complexity index is 716. The molecule has 0 spiro atoms. The molecule has 1 N–H and O–H groups in total. The lowest BCUT2D eigenvalue weighted by Crippen LogP contribution is -2.43. The Balaban J connectivity index is 2.25. The van der Waals surface area contributed by atoms with Gasteiger partial charge in [-0.3, -0.25) is 0 Å². The summed E-state index contributed by atoms with van der Waals surface area (Å²) in [6.07, 6.45) is 1.01. The van der Waals surface area contributed by atoms with Gasteiger partial charge in [-0.25, -0.2) is 21.6 Å². The predicted octanol–water partition coefficient (Wildman–Crippen LogP) is 2.07. The molecule has 1 heterocycles. The van der Waals surface area contributed by atoms with Gasteiger partial charge in [-0.15, -0.1) is 0 Å². The zero-order chi connectivity index (χ0) is 15.0. The third-order valence-electron chi connectivity index (χ3n) is 2.97. The Morgan fingerprint density at radius 3 is 2.60 bits per heavy atom. The van der Waals surface area contributed by atoms with Gasteiger partial charge in [-0.2, -0.15) is 0 Å². The van der Waals surface area contributed by atoms with Gasteiger partial charge in [-0.05, 0) is 47.0 Å². The summed E-state index contributed by atoms with van der Waals surface area (Å²) in [5, 5.41) is 0. The summed E-state index contributed by atoms with van der Waals surface area (Å²) in [6.45, 7) is 0. The van der Waals surface area contributed by atoms with Crippen LogP contribution in [-0.4, -0.2) is 34.4 Å². The Kier molecular flexibility index (Phi) is 4.95. The van der Waals surface area contributed by atoms with Crippen LogP contribution in [0.25, 0.3) is 0 Å². The van der Waals surface area contributed by atoms with E-state index >= 15 is 0 Å². The molecule has 20 heavy (non-hydrogen) atoms. The second-order valence-corrected chi connectivity index (χ2v) is 10.3. The number of sulfone groups is 1. The van der Waals surface area contributed by atoms with Gasteiger partial charge < -0.3 is 0 Å². The number of nitrogens with one attached hydrogen (secondary N) is 1. The maximum atomic E-state index is 12.3. The maximum absolute atomic E-state index is 12.3. The molecule has 1 aromatic carbocycles. The van der Waals surface area contributed by atoms with Crippen LogP contribution in [0.1, 0.15) is 12.8 Å². The fraction of sp³-hybridized carbons (Fsp3) is 0.455. The van der Waals surface area contributed by atoms with Crippen LogP contribution < -0.4 is 4.72 Å². The van der Waals surface area contributed by atoms with Crippen molar-refractivity contribution in [3.63, 3.8) is 0 Å². The third kappa shape index (κ3) is 4.03. The van der Waals surface area contributed by atoms with Crippen LogP contribution in [0.3, 0.4) is 0 Å². The molecule has 0 bridgehead atoms. The van der Waals surface area contributed by atoms with Crippen molar-refractivity contribution in [1.82, 2.24) is 4.72 Å². The van der Waals surface area contributed by atoms with Gasteiger partial charge in [0.05, 0.1) is 16.4 Å². The van der Waals surface area contributed by atoms with Gasteiger partial charge in [0.1, 0.15) is 0 Å². The number of halogens is 2. The normalized spacial score (nSPS) is 22.6. The first-order chi connectivity index (χ1) is 9.20. The minimum Gasteiger partial charge on any atom is -0.229 e. The van der Waals surface area contributed by atoms with Gasteiger partial charge in [-0.1, -0.05) is 15.9 Å². The monoisotopic (exact) mass is 445 g/mol. The molecule has 1 saturated heterocycles. The SMILES string of the molecule is O=S1(=O)CCCC(NS(=O)(=O)c2cc(Br)ccc2Br)C1. The molecule has 9 heteroatoms. The quantitative estimate of drug-likeness (QED) is 0.770. The Morgan fingerprint density at radius 1 is 1.25 bits per heavy atom. The summed E-state index contributed by atoms with van der Waals surface area (Å²) in [5.74, 6) is -0.0103. The van der Waals surface area contributed by atoms with E-state index in [0.29, 0.717) is 21.8 Å². The van der Waals surface area contributed by atoms with Gasteiger partial charge in [0.25, 0.3) is 0 Å². The van der Waals surface area contributed by atoms with E-state index in [2.05, 4.69) is 36.6 Å². The molecule has 1 atom stereocenters.